The molecule has 0 amide bonds. The maximum Gasteiger partial charge on any atom is 0.119 e. The van der Waals surface area contributed by atoms with Crippen LogP contribution < -0.4 is 19.7 Å². The summed E-state index contributed by atoms with van der Waals surface area (Å²) in [4.78, 5) is 20.3. The Balaban J connectivity index is 0.653. The van der Waals surface area contributed by atoms with Crippen LogP contribution in [-0.2, 0) is 9.68 Å². The number of rotatable bonds is 21. The van der Waals surface area contributed by atoms with Gasteiger partial charge in [-0.15, -0.1) is 0 Å². The minimum Gasteiger partial charge on any atom is -0.497 e. The molecule has 11 heteroatoms. The summed E-state index contributed by atoms with van der Waals surface area (Å²) in [7, 11) is 1.71. The van der Waals surface area contributed by atoms with Crippen molar-refractivity contribution in [2.75, 3.05) is 66.2 Å². The van der Waals surface area contributed by atoms with Crippen molar-refractivity contribution in [3.8, 4) is 17.2 Å². The molecular weight excluding hydrogens is 1020 g/mol. The number of hydrogen-bond acceptors (Lipinski definition) is 11. The lowest BCUT2D eigenvalue weighted by Gasteiger charge is -2.40. The van der Waals surface area contributed by atoms with Crippen LogP contribution in [0.2, 0.25) is 0 Å². The number of ether oxygens (including phenoxy) is 3. The van der Waals surface area contributed by atoms with Crippen LogP contribution in [0.25, 0.3) is 32.3 Å². The monoisotopic (exact) mass is 1110 g/mol. The Morgan fingerprint density at radius 1 is 0.549 bits per heavy atom. The van der Waals surface area contributed by atoms with Crippen molar-refractivity contribution >= 4 is 43.7 Å². The highest BCUT2D eigenvalue weighted by Crippen LogP contribution is 2.39. The number of hydroxylamine groups is 1. The van der Waals surface area contributed by atoms with Gasteiger partial charge in [-0.1, -0.05) is 85.4 Å². The van der Waals surface area contributed by atoms with E-state index in [4.69, 9.17) is 29.0 Å². The van der Waals surface area contributed by atoms with Crippen molar-refractivity contribution in [3.05, 3.63) is 126 Å². The van der Waals surface area contributed by atoms with Crippen LogP contribution >= 0.6 is 0 Å². The average Bonchev–Trinajstić information content (AvgIpc) is 4.44. The van der Waals surface area contributed by atoms with Crippen molar-refractivity contribution in [1.29, 1.82) is 5.41 Å². The number of nitrogens with one attached hydrogen (secondary N) is 2. The van der Waals surface area contributed by atoms with E-state index in [9.17, 15) is 5.41 Å². The van der Waals surface area contributed by atoms with E-state index >= 15 is 0 Å². The van der Waals surface area contributed by atoms with Gasteiger partial charge in [0.15, 0.2) is 0 Å². The smallest absolute Gasteiger partial charge is 0.119 e. The Morgan fingerprint density at radius 3 is 1.73 bits per heavy atom. The first-order valence-electron chi connectivity index (χ1n) is 32.1. The molecule has 11 nitrogen and oxygen atoms in total. The standard InChI is InChI=1S/C71H92N6O5/c1-5-81-73-70(56-26-23-53-41-65(32-29-50(53)38-56)79-46-61-13-8-20-67(61)76-35-10-15-58(43-76)69(72)55-25-22-52-40-64(78-4)31-28-49(52)37-55)60-17-12-36-77(45-60)68-21-9-14-62(68)47-80-66-33-30-51-39-57(27-24-54(51)42-66)71(74-82-48(2)3)59-16-11-34-75(44-59)63-18-6-7-19-63/h22-33,37-42,48,58-63,67-68,71-72,74H,5-21,34-36,43-47H2,1-4H3/b72-69?,73-70-. The maximum absolute atomic E-state index is 9.32. The summed E-state index contributed by atoms with van der Waals surface area (Å²) in [6.45, 7) is 14.8. The van der Waals surface area contributed by atoms with Crippen molar-refractivity contribution in [2.45, 2.75) is 154 Å². The van der Waals surface area contributed by atoms with Crippen molar-refractivity contribution in [2.24, 2.45) is 34.7 Å². The largest absolute Gasteiger partial charge is 0.497 e. The van der Waals surface area contributed by atoms with E-state index in [1.807, 2.05) is 13.0 Å². The number of hydrogen-bond donors (Lipinski definition) is 2. The minimum absolute atomic E-state index is 0.119. The van der Waals surface area contributed by atoms with Gasteiger partial charge in [0.2, 0.25) is 0 Å². The number of benzene rings is 6. The Morgan fingerprint density at radius 2 is 1.09 bits per heavy atom. The fourth-order valence-electron chi connectivity index (χ4n) is 15.7. The molecule has 3 saturated heterocycles. The highest BCUT2D eigenvalue weighted by molar-refractivity contribution is 6.05. The first-order valence-corrected chi connectivity index (χ1v) is 32.1. The molecule has 3 heterocycles. The van der Waals surface area contributed by atoms with Crippen LogP contribution in [-0.4, -0.2) is 117 Å². The van der Waals surface area contributed by atoms with Crippen molar-refractivity contribution in [1.82, 2.24) is 20.2 Å². The van der Waals surface area contributed by atoms with Crippen LogP contribution in [0.4, 0.5) is 0 Å². The van der Waals surface area contributed by atoms with Crippen molar-refractivity contribution < 1.29 is 23.9 Å². The summed E-state index contributed by atoms with van der Waals surface area (Å²) in [5, 5.41) is 21.4. The number of oxime groups is 1. The lowest BCUT2D eigenvalue weighted by Crippen LogP contribution is -2.47. The molecule has 3 saturated carbocycles. The van der Waals surface area contributed by atoms with Gasteiger partial charge in [-0.2, -0.15) is 5.48 Å². The van der Waals surface area contributed by atoms with E-state index in [2.05, 4.69) is 137 Å². The van der Waals surface area contributed by atoms with Gasteiger partial charge in [-0.25, -0.2) is 0 Å². The number of piperidine rings is 3. The molecule has 6 aromatic rings. The van der Waals surface area contributed by atoms with Gasteiger partial charge in [-0.05, 0) is 221 Å². The predicted molar refractivity (Wildman–Crippen MR) is 334 cm³/mol. The molecule has 0 bridgehead atoms. The molecule has 6 aliphatic rings. The van der Waals surface area contributed by atoms with Gasteiger partial charge < -0.3 is 29.4 Å². The number of fused-ring (bicyclic) bond motifs is 3. The maximum atomic E-state index is 9.32. The third-order valence-corrected chi connectivity index (χ3v) is 20.0. The molecule has 6 fully saturated rings. The molecule has 2 N–H and O–H groups in total. The number of methoxy groups -OCH3 is 1. The zero-order valence-corrected chi connectivity index (χ0v) is 49.7. The second-order valence-electron chi connectivity index (χ2n) is 25.6. The van der Waals surface area contributed by atoms with Gasteiger partial charge in [0.1, 0.15) is 23.9 Å². The summed E-state index contributed by atoms with van der Waals surface area (Å²) < 4.78 is 18.9. The normalized spacial score (nSPS) is 25.8. The van der Waals surface area contributed by atoms with Crippen LogP contribution in [0.1, 0.15) is 146 Å². The molecular formula is C71H92N6O5. The molecule has 6 aromatic carbocycles. The molecule has 0 aromatic heterocycles. The zero-order chi connectivity index (χ0) is 55.9. The zero-order valence-electron chi connectivity index (χ0n) is 49.7. The SMILES string of the molecule is CCO/N=C(/c1ccc2cc(OCC3CCCC3N3CCCC(C(=N)c4ccc5cc(OC)ccc5c4)C3)ccc2c1)C1CCCN(C2CCCC2COc2ccc3cc(C(NOC(C)C)C4CCCN(C5CCCC5)C4)ccc3c2)C1. The van der Waals surface area contributed by atoms with Gasteiger partial charge in [0, 0.05) is 72.7 Å². The molecule has 12 rings (SSSR count). The van der Waals surface area contributed by atoms with Gasteiger partial charge in [0.25, 0.3) is 0 Å². The van der Waals surface area contributed by atoms with E-state index in [0.29, 0.717) is 36.4 Å². The summed E-state index contributed by atoms with van der Waals surface area (Å²) >= 11 is 0. The van der Waals surface area contributed by atoms with Crippen LogP contribution in [0, 0.1) is 35.0 Å². The molecule has 3 aliphatic carbocycles. The van der Waals surface area contributed by atoms with Crippen LogP contribution in [0.5, 0.6) is 17.2 Å². The third kappa shape index (κ3) is 13.2. The van der Waals surface area contributed by atoms with Gasteiger partial charge in [0.05, 0.1) is 38.2 Å². The molecule has 3 aliphatic heterocycles. The molecule has 0 spiro atoms. The van der Waals surface area contributed by atoms with Gasteiger partial charge in [-0.3, -0.25) is 14.6 Å². The fourth-order valence-corrected chi connectivity index (χ4v) is 15.7. The molecule has 436 valence electrons. The second-order valence-corrected chi connectivity index (χ2v) is 25.6. The van der Waals surface area contributed by atoms with Gasteiger partial charge >= 0.3 is 0 Å². The lowest BCUT2D eigenvalue weighted by atomic mass is 9.85. The summed E-state index contributed by atoms with van der Waals surface area (Å²) in [6.07, 6.45) is 19.8. The lowest BCUT2D eigenvalue weighted by molar-refractivity contribution is -0.0481. The van der Waals surface area contributed by atoms with Crippen LogP contribution in [0.15, 0.2) is 114 Å². The molecule has 0 radical (unpaired) electrons. The summed E-state index contributed by atoms with van der Waals surface area (Å²) in [5.41, 5.74) is 8.90. The molecule has 8 unspecified atom stereocenters. The summed E-state index contributed by atoms with van der Waals surface area (Å²) in [5.74, 6) is 4.76. The fraction of sp³-hybridized carbons (Fsp3) is 0.549. The number of likely N-dealkylation sites (tertiary alicyclic amines) is 3. The molecule has 8 atom stereocenters. The summed E-state index contributed by atoms with van der Waals surface area (Å²) in [6, 6.07) is 41.7. The second kappa shape index (κ2) is 26.6. The highest BCUT2D eigenvalue weighted by atomic mass is 16.7. The van der Waals surface area contributed by atoms with E-state index < -0.39 is 0 Å². The Labute approximate surface area is 488 Å². The quantitative estimate of drug-likeness (QED) is 0.0539. The van der Waals surface area contributed by atoms with Crippen molar-refractivity contribution in [3.63, 3.8) is 0 Å². The predicted octanol–water partition coefficient (Wildman–Crippen LogP) is 14.8. The Kier molecular flexibility index (Phi) is 18.4. The van der Waals surface area contributed by atoms with E-state index in [1.165, 1.54) is 111 Å². The molecule has 82 heavy (non-hydrogen) atoms. The van der Waals surface area contributed by atoms with Crippen LogP contribution in [0.3, 0.4) is 0 Å². The highest BCUT2D eigenvalue weighted by Gasteiger charge is 2.39. The topological polar surface area (TPSA) is 104 Å². The Hall–Kier alpha value is -5.56. The van der Waals surface area contributed by atoms with E-state index in [0.717, 1.165) is 128 Å². The first kappa shape index (κ1) is 56.9. The first-order chi connectivity index (χ1) is 40.2. The van der Waals surface area contributed by atoms with E-state index in [-0.39, 0.29) is 24.0 Å². The van der Waals surface area contributed by atoms with E-state index in [1.54, 1.807) is 7.11 Å². The number of nitrogens with zero attached hydrogens (tertiary/aromatic N) is 4. The minimum atomic E-state index is 0.119. The average molecular weight is 1110 g/mol. The Bertz CT molecular complexity index is 3160. The third-order valence-electron chi connectivity index (χ3n) is 20.0.